The summed E-state index contributed by atoms with van der Waals surface area (Å²) in [4.78, 5) is 2.14. The molecule has 0 saturated carbocycles. The molecule has 0 radical (unpaired) electrons. The van der Waals surface area contributed by atoms with Crippen LogP contribution in [0.2, 0.25) is 0 Å². The van der Waals surface area contributed by atoms with E-state index < -0.39 is 11.6 Å². The Kier molecular flexibility index (Phi) is 4.42. The highest BCUT2D eigenvalue weighted by molar-refractivity contribution is 9.10. The summed E-state index contributed by atoms with van der Waals surface area (Å²) in [5.41, 5.74) is 0.468. The Bertz CT molecular complexity index is 437. The molecule has 1 aromatic carbocycles. The van der Waals surface area contributed by atoms with Gasteiger partial charge in [0, 0.05) is 42.8 Å². The fraction of sp³-hybridized carbons (Fsp3) is 0.500. The maximum Gasteiger partial charge on any atom is 0.194 e. The van der Waals surface area contributed by atoms with Crippen molar-refractivity contribution in [2.75, 3.05) is 33.3 Å². The number of hydrogen-bond donors (Lipinski definition) is 2. The van der Waals surface area contributed by atoms with Crippen LogP contribution in [0.4, 0.5) is 4.39 Å². The Balaban J connectivity index is 2.24. The van der Waals surface area contributed by atoms with Gasteiger partial charge in [-0.05, 0) is 6.07 Å². The van der Waals surface area contributed by atoms with E-state index in [1.807, 2.05) is 0 Å². The summed E-state index contributed by atoms with van der Waals surface area (Å²) in [7, 11) is 1.40. The molecule has 0 bridgehead atoms. The molecule has 0 aromatic heterocycles. The molecule has 0 unspecified atom stereocenters. The van der Waals surface area contributed by atoms with Crippen molar-refractivity contribution in [1.29, 1.82) is 0 Å². The van der Waals surface area contributed by atoms with Gasteiger partial charge in [0.05, 0.1) is 7.11 Å². The zero-order chi connectivity index (χ0) is 13.1. The summed E-state index contributed by atoms with van der Waals surface area (Å²) >= 11 is 3.33. The van der Waals surface area contributed by atoms with Gasteiger partial charge in [-0.25, -0.2) is 4.39 Å². The van der Waals surface area contributed by atoms with Crippen molar-refractivity contribution >= 4 is 15.9 Å². The Labute approximate surface area is 114 Å². The normalized spacial score (nSPS) is 16.8. The fourth-order valence-electron chi connectivity index (χ4n) is 2.02. The third-order valence-corrected chi connectivity index (χ3v) is 3.77. The number of rotatable bonds is 3. The van der Waals surface area contributed by atoms with E-state index in [-0.39, 0.29) is 5.75 Å². The molecule has 1 fully saturated rings. The van der Waals surface area contributed by atoms with Crippen LogP contribution in [0.1, 0.15) is 5.56 Å². The smallest absolute Gasteiger partial charge is 0.194 e. The lowest BCUT2D eigenvalue weighted by molar-refractivity contribution is 0.228. The van der Waals surface area contributed by atoms with Crippen molar-refractivity contribution in [3.05, 3.63) is 21.9 Å². The van der Waals surface area contributed by atoms with E-state index in [9.17, 15) is 9.50 Å². The number of phenolic OH excluding ortho intramolecular Hbond substituents is 1. The summed E-state index contributed by atoms with van der Waals surface area (Å²) < 4.78 is 19.6. The topological polar surface area (TPSA) is 44.7 Å². The SMILES string of the molecule is COc1cc(Br)c(CN2CCNCC2)c(F)c1O. The van der Waals surface area contributed by atoms with Crippen LogP contribution in [0.25, 0.3) is 0 Å². The minimum absolute atomic E-state index is 0.142. The van der Waals surface area contributed by atoms with E-state index in [0.717, 1.165) is 26.2 Å². The molecule has 0 atom stereocenters. The van der Waals surface area contributed by atoms with Crippen LogP contribution in [0.3, 0.4) is 0 Å². The first kappa shape index (κ1) is 13.6. The van der Waals surface area contributed by atoms with Crippen molar-refractivity contribution in [3.8, 4) is 11.5 Å². The number of aromatic hydroxyl groups is 1. The third kappa shape index (κ3) is 2.76. The molecular weight excluding hydrogens is 303 g/mol. The molecule has 2 N–H and O–H groups in total. The second-order valence-corrected chi connectivity index (χ2v) is 5.08. The summed E-state index contributed by atoms with van der Waals surface area (Å²) in [5, 5.41) is 12.9. The molecule has 1 heterocycles. The van der Waals surface area contributed by atoms with Gasteiger partial charge in [0.25, 0.3) is 0 Å². The van der Waals surface area contributed by atoms with E-state index in [2.05, 4.69) is 26.1 Å². The zero-order valence-electron chi connectivity index (χ0n) is 10.2. The van der Waals surface area contributed by atoms with Crippen molar-refractivity contribution in [1.82, 2.24) is 10.2 Å². The predicted molar refractivity (Wildman–Crippen MR) is 70.5 cm³/mol. The lowest BCUT2D eigenvalue weighted by Gasteiger charge is -2.27. The molecule has 18 heavy (non-hydrogen) atoms. The highest BCUT2D eigenvalue weighted by Crippen LogP contribution is 2.36. The van der Waals surface area contributed by atoms with Crippen LogP contribution >= 0.6 is 15.9 Å². The fourth-order valence-corrected chi connectivity index (χ4v) is 2.53. The molecule has 2 rings (SSSR count). The summed E-state index contributed by atoms with van der Waals surface area (Å²) in [5.74, 6) is -0.894. The maximum atomic E-state index is 14.1. The monoisotopic (exact) mass is 318 g/mol. The lowest BCUT2D eigenvalue weighted by atomic mass is 10.1. The van der Waals surface area contributed by atoms with Crippen LogP contribution in [-0.2, 0) is 6.54 Å². The minimum Gasteiger partial charge on any atom is -0.502 e. The van der Waals surface area contributed by atoms with E-state index in [1.54, 1.807) is 6.07 Å². The third-order valence-electron chi connectivity index (χ3n) is 3.06. The van der Waals surface area contributed by atoms with Gasteiger partial charge in [-0.1, -0.05) is 15.9 Å². The Morgan fingerprint density at radius 3 is 2.78 bits per heavy atom. The van der Waals surface area contributed by atoms with Gasteiger partial charge in [-0.2, -0.15) is 0 Å². The number of nitrogens with one attached hydrogen (secondary N) is 1. The number of piperazine rings is 1. The van der Waals surface area contributed by atoms with Crippen LogP contribution in [-0.4, -0.2) is 43.3 Å². The highest BCUT2D eigenvalue weighted by Gasteiger charge is 2.20. The van der Waals surface area contributed by atoms with Crippen LogP contribution in [0, 0.1) is 5.82 Å². The predicted octanol–water partition coefficient (Wildman–Crippen LogP) is 1.71. The number of phenols is 1. The summed E-state index contributed by atoms with van der Waals surface area (Å²) in [6, 6.07) is 1.59. The lowest BCUT2D eigenvalue weighted by Crippen LogP contribution is -2.43. The molecule has 6 heteroatoms. The molecule has 1 aromatic rings. The average molecular weight is 319 g/mol. The molecule has 0 amide bonds. The van der Waals surface area contributed by atoms with E-state index in [4.69, 9.17) is 4.74 Å². The molecule has 4 nitrogen and oxygen atoms in total. The first-order valence-electron chi connectivity index (χ1n) is 5.80. The van der Waals surface area contributed by atoms with Gasteiger partial charge in [-0.15, -0.1) is 0 Å². The highest BCUT2D eigenvalue weighted by atomic mass is 79.9. The first-order valence-corrected chi connectivity index (χ1v) is 6.59. The van der Waals surface area contributed by atoms with Crippen LogP contribution in [0.15, 0.2) is 10.5 Å². The number of ether oxygens (including phenoxy) is 1. The number of benzene rings is 1. The zero-order valence-corrected chi connectivity index (χ0v) is 11.8. The largest absolute Gasteiger partial charge is 0.502 e. The number of nitrogens with zero attached hydrogens (tertiary/aromatic N) is 1. The van der Waals surface area contributed by atoms with Crippen molar-refractivity contribution < 1.29 is 14.2 Å². The van der Waals surface area contributed by atoms with E-state index in [0.29, 0.717) is 16.6 Å². The van der Waals surface area contributed by atoms with Gasteiger partial charge in [-0.3, -0.25) is 4.90 Å². The van der Waals surface area contributed by atoms with Gasteiger partial charge in [0.2, 0.25) is 0 Å². The quantitative estimate of drug-likeness (QED) is 0.890. The second kappa shape index (κ2) is 5.86. The van der Waals surface area contributed by atoms with Gasteiger partial charge >= 0.3 is 0 Å². The van der Waals surface area contributed by atoms with Crippen LogP contribution in [0.5, 0.6) is 11.5 Å². The molecule has 100 valence electrons. The Morgan fingerprint density at radius 1 is 1.50 bits per heavy atom. The number of methoxy groups -OCH3 is 1. The Morgan fingerprint density at radius 2 is 2.17 bits per heavy atom. The van der Waals surface area contributed by atoms with Crippen LogP contribution < -0.4 is 10.1 Å². The number of hydrogen-bond acceptors (Lipinski definition) is 4. The average Bonchev–Trinajstić information content (AvgIpc) is 2.40. The van der Waals surface area contributed by atoms with Gasteiger partial charge in [0.1, 0.15) is 0 Å². The van der Waals surface area contributed by atoms with E-state index >= 15 is 0 Å². The summed E-state index contributed by atoms with van der Waals surface area (Å²) in [6.45, 7) is 4.03. The van der Waals surface area contributed by atoms with Crippen molar-refractivity contribution in [3.63, 3.8) is 0 Å². The molecule has 0 spiro atoms. The van der Waals surface area contributed by atoms with Gasteiger partial charge in [0.15, 0.2) is 17.3 Å². The standard InChI is InChI=1S/C12H16BrFN2O2/c1-18-10-6-9(13)8(11(14)12(10)17)7-16-4-2-15-3-5-16/h6,15,17H,2-5,7H2,1H3. The molecule has 0 aliphatic carbocycles. The summed E-state index contributed by atoms with van der Waals surface area (Å²) in [6.07, 6.45) is 0. The van der Waals surface area contributed by atoms with E-state index in [1.165, 1.54) is 7.11 Å². The Hall–Kier alpha value is -0.850. The molecule has 1 aliphatic rings. The minimum atomic E-state index is -0.611. The van der Waals surface area contributed by atoms with Crippen molar-refractivity contribution in [2.24, 2.45) is 0 Å². The second-order valence-electron chi connectivity index (χ2n) is 4.23. The molecular formula is C12H16BrFN2O2. The van der Waals surface area contributed by atoms with Gasteiger partial charge < -0.3 is 15.2 Å². The molecule has 1 aliphatic heterocycles. The molecule has 1 saturated heterocycles. The maximum absolute atomic E-state index is 14.1. The first-order chi connectivity index (χ1) is 8.63. The van der Waals surface area contributed by atoms with Crippen molar-refractivity contribution in [2.45, 2.75) is 6.54 Å². The number of halogens is 2.